The Kier molecular flexibility index (Phi) is 3.98. The number of nitrogens with two attached hydrogens (primary N) is 1. The van der Waals surface area contributed by atoms with Crippen LogP contribution in [0.5, 0.6) is 0 Å². The second-order valence-electron chi connectivity index (χ2n) is 3.91. The van der Waals surface area contributed by atoms with Crippen molar-refractivity contribution in [1.29, 1.82) is 0 Å². The topological polar surface area (TPSA) is 47.3 Å². The molecule has 1 saturated heterocycles. The molecule has 0 spiro atoms. The van der Waals surface area contributed by atoms with E-state index < -0.39 is 0 Å². The zero-order chi connectivity index (χ0) is 8.97. The normalized spacial score (nSPS) is 27.5. The molecule has 2 atom stereocenters. The molecule has 12 heavy (non-hydrogen) atoms. The predicted octanol–water partition coefficient (Wildman–Crippen LogP) is 0.348. The van der Waals surface area contributed by atoms with E-state index in [1.807, 2.05) is 0 Å². The van der Waals surface area contributed by atoms with Gasteiger partial charge in [-0.2, -0.15) is 0 Å². The lowest BCUT2D eigenvalue weighted by atomic mass is 9.99. The highest BCUT2D eigenvalue weighted by Gasteiger charge is 2.21. The molecule has 0 aromatic rings. The fourth-order valence-electron chi connectivity index (χ4n) is 1.56. The van der Waals surface area contributed by atoms with E-state index in [4.69, 9.17) is 10.5 Å². The van der Waals surface area contributed by atoms with Crippen LogP contribution in [0.4, 0.5) is 0 Å². The van der Waals surface area contributed by atoms with Gasteiger partial charge in [0.1, 0.15) is 0 Å². The molecule has 0 radical (unpaired) electrons. The van der Waals surface area contributed by atoms with Gasteiger partial charge in [0.05, 0.1) is 12.7 Å². The quantitative estimate of drug-likeness (QED) is 0.645. The summed E-state index contributed by atoms with van der Waals surface area (Å²) in [7, 11) is 0. The Balaban J connectivity index is 2.24. The van der Waals surface area contributed by atoms with Gasteiger partial charge in [0.25, 0.3) is 0 Å². The van der Waals surface area contributed by atoms with E-state index in [2.05, 4.69) is 19.2 Å². The Bertz CT molecular complexity index is 122. The van der Waals surface area contributed by atoms with Crippen molar-refractivity contribution >= 4 is 0 Å². The maximum atomic E-state index is 5.98. The smallest absolute Gasteiger partial charge is 0.0850 e. The molecule has 0 saturated carbocycles. The molecule has 1 aliphatic rings. The van der Waals surface area contributed by atoms with Gasteiger partial charge in [0.15, 0.2) is 0 Å². The zero-order valence-electron chi connectivity index (χ0n) is 8.05. The number of rotatable bonds is 3. The molecular weight excluding hydrogens is 152 g/mol. The zero-order valence-corrected chi connectivity index (χ0v) is 8.05. The third-order valence-corrected chi connectivity index (χ3v) is 2.18. The van der Waals surface area contributed by atoms with Crippen LogP contribution >= 0.6 is 0 Å². The number of morpholine rings is 1. The van der Waals surface area contributed by atoms with Gasteiger partial charge < -0.3 is 15.8 Å². The monoisotopic (exact) mass is 172 g/mol. The molecule has 2 unspecified atom stereocenters. The molecule has 1 aliphatic heterocycles. The van der Waals surface area contributed by atoms with Gasteiger partial charge in [0.2, 0.25) is 0 Å². The van der Waals surface area contributed by atoms with Crippen molar-refractivity contribution in [2.45, 2.75) is 32.4 Å². The summed E-state index contributed by atoms with van der Waals surface area (Å²) in [5, 5.41) is 3.28. The molecule has 1 heterocycles. The molecule has 0 aromatic heterocycles. The van der Waals surface area contributed by atoms with Crippen LogP contribution in [0, 0.1) is 5.92 Å². The highest BCUT2D eigenvalue weighted by atomic mass is 16.5. The Morgan fingerprint density at radius 1 is 1.58 bits per heavy atom. The van der Waals surface area contributed by atoms with Crippen molar-refractivity contribution in [3.63, 3.8) is 0 Å². The number of hydrogen-bond donors (Lipinski definition) is 2. The van der Waals surface area contributed by atoms with Gasteiger partial charge in [-0.1, -0.05) is 13.8 Å². The molecule has 3 N–H and O–H groups in total. The molecule has 1 fully saturated rings. The molecule has 3 heteroatoms. The number of nitrogens with one attached hydrogen (secondary N) is 1. The van der Waals surface area contributed by atoms with E-state index >= 15 is 0 Å². The Morgan fingerprint density at radius 3 is 2.83 bits per heavy atom. The van der Waals surface area contributed by atoms with E-state index in [0.29, 0.717) is 5.92 Å². The molecule has 3 nitrogen and oxygen atoms in total. The maximum absolute atomic E-state index is 5.98. The van der Waals surface area contributed by atoms with E-state index in [1.165, 1.54) is 0 Å². The number of ether oxygens (including phenoxy) is 1. The van der Waals surface area contributed by atoms with Crippen LogP contribution in [-0.2, 0) is 4.74 Å². The first-order chi connectivity index (χ1) is 5.70. The summed E-state index contributed by atoms with van der Waals surface area (Å²) >= 11 is 0. The third-order valence-electron chi connectivity index (χ3n) is 2.18. The molecule has 0 bridgehead atoms. The summed E-state index contributed by atoms with van der Waals surface area (Å²) in [5.74, 6) is 0.658. The average molecular weight is 172 g/mol. The lowest BCUT2D eigenvalue weighted by Crippen LogP contribution is -2.49. The van der Waals surface area contributed by atoms with E-state index in [0.717, 1.165) is 26.1 Å². The SMILES string of the molecule is CC(C)CC(N)C1CNCCO1. The minimum absolute atomic E-state index is 0.192. The lowest BCUT2D eigenvalue weighted by Gasteiger charge is -2.29. The van der Waals surface area contributed by atoms with Gasteiger partial charge in [0, 0.05) is 19.1 Å². The van der Waals surface area contributed by atoms with Crippen molar-refractivity contribution in [3.8, 4) is 0 Å². The first kappa shape index (κ1) is 9.96. The summed E-state index contributed by atoms with van der Waals surface area (Å²) in [4.78, 5) is 0. The first-order valence-corrected chi connectivity index (χ1v) is 4.78. The summed E-state index contributed by atoms with van der Waals surface area (Å²) in [6.45, 7) is 7.06. The number of hydrogen-bond acceptors (Lipinski definition) is 3. The Hall–Kier alpha value is -0.120. The standard InChI is InChI=1S/C9H20N2O/c1-7(2)5-8(10)9-6-11-3-4-12-9/h7-9,11H,3-6,10H2,1-2H3. The average Bonchev–Trinajstić information content (AvgIpc) is 2.05. The summed E-state index contributed by atoms with van der Waals surface area (Å²) in [6, 6.07) is 0.192. The third kappa shape index (κ3) is 3.09. The van der Waals surface area contributed by atoms with Crippen molar-refractivity contribution < 1.29 is 4.74 Å². The van der Waals surface area contributed by atoms with Crippen molar-refractivity contribution in [2.24, 2.45) is 11.7 Å². The van der Waals surface area contributed by atoms with E-state index in [1.54, 1.807) is 0 Å². The fourth-order valence-corrected chi connectivity index (χ4v) is 1.56. The molecule has 0 aliphatic carbocycles. The van der Waals surface area contributed by atoms with Gasteiger partial charge >= 0.3 is 0 Å². The van der Waals surface area contributed by atoms with Crippen molar-refractivity contribution in [1.82, 2.24) is 5.32 Å². The molecular formula is C9H20N2O. The van der Waals surface area contributed by atoms with Crippen molar-refractivity contribution in [3.05, 3.63) is 0 Å². The van der Waals surface area contributed by atoms with Crippen LogP contribution < -0.4 is 11.1 Å². The second kappa shape index (κ2) is 4.80. The van der Waals surface area contributed by atoms with Gasteiger partial charge in [-0.05, 0) is 12.3 Å². The van der Waals surface area contributed by atoms with Crippen LogP contribution in [0.2, 0.25) is 0 Å². The molecule has 0 aromatic carbocycles. The minimum Gasteiger partial charge on any atom is -0.374 e. The summed E-state index contributed by atoms with van der Waals surface area (Å²) in [5.41, 5.74) is 5.98. The second-order valence-corrected chi connectivity index (χ2v) is 3.91. The Morgan fingerprint density at radius 2 is 2.33 bits per heavy atom. The predicted molar refractivity (Wildman–Crippen MR) is 50.0 cm³/mol. The van der Waals surface area contributed by atoms with Crippen LogP contribution in [0.3, 0.4) is 0 Å². The van der Waals surface area contributed by atoms with Crippen LogP contribution in [0.25, 0.3) is 0 Å². The summed E-state index contributed by atoms with van der Waals surface area (Å²) in [6.07, 6.45) is 1.27. The highest BCUT2D eigenvalue weighted by Crippen LogP contribution is 2.09. The first-order valence-electron chi connectivity index (χ1n) is 4.78. The lowest BCUT2D eigenvalue weighted by molar-refractivity contribution is 0.00874. The fraction of sp³-hybridized carbons (Fsp3) is 1.00. The van der Waals surface area contributed by atoms with Crippen LogP contribution in [-0.4, -0.2) is 31.8 Å². The molecule has 0 amide bonds. The maximum Gasteiger partial charge on any atom is 0.0850 e. The largest absolute Gasteiger partial charge is 0.374 e. The summed E-state index contributed by atoms with van der Waals surface area (Å²) < 4.78 is 5.55. The van der Waals surface area contributed by atoms with E-state index in [9.17, 15) is 0 Å². The van der Waals surface area contributed by atoms with Crippen LogP contribution in [0.1, 0.15) is 20.3 Å². The van der Waals surface area contributed by atoms with Gasteiger partial charge in [-0.15, -0.1) is 0 Å². The highest BCUT2D eigenvalue weighted by molar-refractivity contribution is 4.79. The van der Waals surface area contributed by atoms with Gasteiger partial charge in [-0.3, -0.25) is 0 Å². The molecule has 1 rings (SSSR count). The minimum atomic E-state index is 0.192. The van der Waals surface area contributed by atoms with Crippen LogP contribution in [0.15, 0.2) is 0 Å². The van der Waals surface area contributed by atoms with Crippen molar-refractivity contribution in [2.75, 3.05) is 19.7 Å². The molecule has 72 valence electrons. The van der Waals surface area contributed by atoms with Gasteiger partial charge in [-0.25, -0.2) is 0 Å². The van der Waals surface area contributed by atoms with E-state index in [-0.39, 0.29) is 12.1 Å². The Labute approximate surface area is 74.7 Å².